The molecule has 0 rings (SSSR count). The smallest absolute Gasteiger partial charge is 0.306 e. The number of carbonyl (C=O) groups excluding carboxylic acids is 2. The summed E-state index contributed by atoms with van der Waals surface area (Å²) in [5, 5.41) is 0. The molecule has 2 unspecified atom stereocenters. The normalized spacial score (nSPS) is 13.4. The van der Waals surface area contributed by atoms with Gasteiger partial charge >= 0.3 is 11.9 Å². The van der Waals surface area contributed by atoms with Gasteiger partial charge in [-0.2, -0.15) is 0 Å². The fraction of sp³-hybridized carbons (Fsp3) is 0.842. The molecular weight excluding hydrogens is 1090 g/mol. The van der Waals surface area contributed by atoms with Gasteiger partial charge in [0.2, 0.25) is 0 Å². The summed E-state index contributed by atoms with van der Waals surface area (Å²) in [6.45, 7) is 4.19. The van der Waals surface area contributed by atoms with E-state index in [2.05, 4.69) is 74.6 Å². The first kappa shape index (κ1) is 83.7. The maximum atomic E-state index is 12.9. The van der Waals surface area contributed by atoms with Crippen molar-refractivity contribution in [2.45, 2.75) is 367 Å². The summed E-state index contributed by atoms with van der Waals surface area (Å²) < 4.78 is 34.4. The standard InChI is InChI=1S/C76H142NO8P/c1-6-8-10-12-14-16-18-20-22-24-26-28-30-32-34-36-37-38-39-41-43-45-47-49-51-53-55-57-59-61-63-65-67-69-76(79)85-74(73-84-86(80,81)83-71-70-77(3,4)5)72-82-75(78)68-66-64-62-60-58-56-54-52-50-48-46-44-42-40-35-33-31-29-27-25-23-21-19-17-15-13-11-9-7-2/h8,10,14,16,20,22,26,28,32,34,74H,6-7,9,11-13,15,17-19,21,23-25,27,29-31,33,35-73H2,1-5H3/b10-8-,16-14-,22-20-,28-26-,34-32-. The summed E-state index contributed by atoms with van der Waals surface area (Å²) in [5.41, 5.74) is 0. The molecule has 0 amide bonds. The highest BCUT2D eigenvalue weighted by molar-refractivity contribution is 7.45. The van der Waals surface area contributed by atoms with Gasteiger partial charge in [-0.05, 0) is 57.8 Å². The Balaban J connectivity index is 3.97. The van der Waals surface area contributed by atoms with Gasteiger partial charge in [0.15, 0.2) is 6.10 Å². The van der Waals surface area contributed by atoms with E-state index >= 15 is 0 Å². The highest BCUT2D eigenvalue weighted by Gasteiger charge is 2.22. The third-order valence-corrected chi connectivity index (χ3v) is 17.5. The molecule has 0 radical (unpaired) electrons. The molecule has 0 aromatic carbocycles. The molecule has 86 heavy (non-hydrogen) atoms. The lowest BCUT2D eigenvalue weighted by Crippen LogP contribution is -2.37. The lowest BCUT2D eigenvalue weighted by atomic mass is 10.0. The topological polar surface area (TPSA) is 111 Å². The molecule has 0 aliphatic carbocycles. The Hall–Kier alpha value is -2.29. The highest BCUT2D eigenvalue weighted by Crippen LogP contribution is 2.38. The minimum atomic E-state index is -4.64. The van der Waals surface area contributed by atoms with Crippen molar-refractivity contribution < 1.29 is 42.1 Å². The zero-order valence-electron chi connectivity index (χ0n) is 57.5. The molecule has 0 fully saturated rings. The Morgan fingerprint density at radius 2 is 0.663 bits per heavy atom. The minimum Gasteiger partial charge on any atom is -0.756 e. The van der Waals surface area contributed by atoms with E-state index < -0.39 is 26.5 Å². The first-order valence-electron chi connectivity index (χ1n) is 37.0. The van der Waals surface area contributed by atoms with Gasteiger partial charge in [0.05, 0.1) is 27.7 Å². The molecule has 504 valence electrons. The predicted octanol–water partition coefficient (Wildman–Crippen LogP) is 23.5. The van der Waals surface area contributed by atoms with E-state index in [1.54, 1.807) is 0 Å². The van der Waals surface area contributed by atoms with Crippen molar-refractivity contribution in [2.24, 2.45) is 0 Å². The fourth-order valence-corrected chi connectivity index (χ4v) is 11.7. The Kier molecular flexibility index (Phi) is 65.3. The third kappa shape index (κ3) is 70.8. The second kappa shape index (κ2) is 67.1. The Morgan fingerprint density at radius 3 is 0.988 bits per heavy atom. The molecule has 0 heterocycles. The van der Waals surface area contributed by atoms with Gasteiger partial charge in [0, 0.05) is 12.8 Å². The second-order valence-corrected chi connectivity index (χ2v) is 27.7. The number of phosphoric ester groups is 1. The van der Waals surface area contributed by atoms with Crippen molar-refractivity contribution in [3.05, 3.63) is 60.8 Å². The number of unbranched alkanes of at least 4 members (excludes halogenated alkanes) is 45. The number of allylic oxidation sites excluding steroid dienone is 10. The molecule has 10 heteroatoms. The van der Waals surface area contributed by atoms with Crippen molar-refractivity contribution in [2.75, 3.05) is 47.5 Å². The van der Waals surface area contributed by atoms with Gasteiger partial charge < -0.3 is 27.9 Å². The molecule has 0 N–H and O–H groups in total. The predicted molar refractivity (Wildman–Crippen MR) is 370 cm³/mol. The van der Waals surface area contributed by atoms with Crippen LogP contribution >= 0.6 is 7.82 Å². The summed E-state index contributed by atoms with van der Waals surface area (Å²) in [4.78, 5) is 38.1. The Bertz CT molecular complexity index is 1630. The van der Waals surface area contributed by atoms with Crippen LogP contribution in [0.15, 0.2) is 60.8 Å². The number of likely N-dealkylation sites (N-methyl/N-ethyl adjacent to an activating group) is 1. The van der Waals surface area contributed by atoms with Gasteiger partial charge in [-0.3, -0.25) is 14.2 Å². The molecule has 0 aromatic rings. The van der Waals surface area contributed by atoms with Gasteiger partial charge in [-0.25, -0.2) is 0 Å². The maximum absolute atomic E-state index is 12.9. The summed E-state index contributed by atoms with van der Waals surface area (Å²) in [5.74, 6) is -0.813. The van der Waals surface area contributed by atoms with Crippen molar-refractivity contribution >= 4 is 19.8 Å². The summed E-state index contributed by atoms with van der Waals surface area (Å²) in [6, 6.07) is 0. The SMILES string of the molecule is CC/C=C\C/C=C\C/C=C\C/C=C\C/C=C\CCCCCCCCCCCCCCCCCCCC(=O)OC(COC(=O)CCCCCCCCCCCCCCCCCCCCCCCCCCCCCCC)COP(=O)([O-])OCC[N+](C)(C)C. The molecule has 0 saturated carbocycles. The second-order valence-electron chi connectivity index (χ2n) is 26.3. The van der Waals surface area contributed by atoms with E-state index in [-0.39, 0.29) is 32.0 Å². The van der Waals surface area contributed by atoms with Crippen LogP contribution in [0.1, 0.15) is 361 Å². The van der Waals surface area contributed by atoms with Crippen molar-refractivity contribution in [1.29, 1.82) is 0 Å². The Labute approximate surface area is 534 Å². The van der Waals surface area contributed by atoms with E-state index in [0.717, 1.165) is 70.6 Å². The van der Waals surface area contributed by atoms with E-state index in [1.165, 1.54) is 257 Å². The van der Waals surface area contributed by atoms with Gasteiger partial charge in [-0.1, -0.05) is 351 Å². The van der Waals surface area contributed by atoms with Crippen molar-refractivity contribution in [1.82, 2.24) is 0 Å². The number of nitrogens with zero attached hydrogens (tertiary/aromatic N) is 1. The lowest BCUT2D eigenvalue weighted by Gasteiger charge is -2.28. The van der Waals surface area contributed by atoms with Crippen LogP contribution < -0.4 is 4.89 Å². The number of hydrogen-bond acceptors (Lipinski definition) is 8. The highest BCUT2D eigenvalue weighted by atomic mass is 31.2. The largest absolute Gasteiger partial charge is 0.756 e. The van der Waals surface area contributed by atoms with Crippen LogP contribution in [0.5, 0.6) is 0 Å². The third-order valence-electron chi connectivity index (χ3n) is 16.6. The number of phosphoric acid groups is 1. The summed E-state index contributed by atoms with van der Waals surface area (Å²) in [6.07, 6.45) is 88.9. The van der Waals surface area contributed by atoms with Crippen LogP contribution in [0.4, 0.5) is 0 Å². The zero-order valence-corrected chi connectivity index (χ0v) is 58.4. The number of esters is 2. The molecule has 9 nitrogen and oxygen atoms in total. The van der Waals surface area contributed by atoms with Crippen LogP contribution in [0.3, 0.4) is 0 Å². The molecule has 0 bridgehead atoms. The Morgan fingerprint density at radius 1 is 0.372 bits per heavy atom. The molecule has 0 aromatic heterocycles. The van der Waals surface area contributed by atoms with Gasteiger partial charge in [0.1, 0.15) is 19.8 Å². The summed E-state index contributed by atoms with van der Waals surface area (Å²) >= 11 is 0. The molecule has 0 aliphatic rings. The van der Waals surface area contributed by atoms with Crippen LogP contribution in [0.2, 0.25) is 0 Å². The molecule has 0 spiro atoms. The number of quaternary nitrogens is 1. The zero-order chi connectivity index (χ0) is 62.6. The van der Waals surface area contributed by atoms with Crippen LogP contribution in [0, 0.1) is 0 Å². The minimum absolute atomic E-state index is 0.0291. The monoisotopic (exact) mass is 1230 g/mol. The van der Waals surface area contributed by atoms with Crippen LogP contribution in [-0.2, 0) is 32.7 Å². The van der Waals surface area contributed by atoms with Crippen LogP contribution in [-0.4, -0.2) is 70.0 Å². The molecule has 2 atom stereocenters. The quantitative estimate of drug-likeness (QED) is 0.0195. The molecular formula is C76H142NO8P. The van der Waals surface area contributed by atoms with E-state index in [0.29, 0.717) is 17.4 Å². The lowest BCUT2D eigenvalue weighted by molar-refractivity contribution is -0.870. The average Bonchev–Trinajstić information content (AvgIpc) is 3.70. The van der Waals surface area contributed by atoms with Crippen LogP contribution in [0.25, 0.3) is 0 Å². The van der Waals surface area contributed by atoms with Crippen molar-refractivity contribution in [3.63, 3.8) is 0 Å². The number of ether oxygens (including phenoxy) is 2. The molecule has 0 saturated heterocycles. The average molecular weight is 1230 g/mol. The molecule has 0 aliphatic heterocycles. The first-order valence-corrected chi connectivity index (χ1v) is 38.5. The maximum Gasteiger partial charge on any atom is 0.306 e. The fourth-order valence-electron chi connectivity index (χ4n) is 10.9. The number of rotatable bonds is 69. The number of carbonyl (C=O) groups is 2. The van der Waals surface area contributed by atoms with Gasteiger partial charge in [0.25, 0.3) is 7.82 Å². The van der Waals surface area contributed by atoms with E-state index in [9.17, 15) is 19.0 Å². The number of hydrogen-bond donors (Lipinski definition) is 0. The summed E-state index contributed by atoms with van der Waals surface area (Å²) in [7, 11) is 1.18. The van der Waals surface area contributed by atoms with Crippen molar-refractivity contribution in [3.8, 4) is 0 Å². The van der Waals surface area contributed by atoms with Gasteiger partial charge in [-0.15, -0.1) is 0 Å². The van der Waals surface area contributed by atoms with E-state index in [4.69, 9.17) is 18.5 Å². The first-order chi connectivity index (χ1) is 42.0. The van der Waals surface area contributed by atoms with E-state index in [1.807, 2.05) is 21.1 Å².